The summed E-state index contributed by atoms with van der Waals surface area (Å²) >= 11 is 0. The molecule has 0 spiro atoms. The van der Waals surface area contributed by atoms with Gasteiger partial charge in [0.25, 0.3) is 0 Å². The molecule has 194 valence electrons. The van der Waals surface area contributed by atoms with E-state index in [2.05, 4.69) is 53.5 Å². The van der Waals surface area contributed by atoms with Gasteiger partial charge in [0.15, 0.2) is 6.19 Å². The second-order valence-corrected chi connectivity index (χ2v) is 10.0. The number of pyridine rings is 1. The molecule has 0 saturated carbocycles. The first-order valence-electron chi connectivity index (χ1n) is 12.0. The third-order valence-corrected chi connectivity index (χ3v) is 6.31. The quantitative estimate of drug-likeness (QED) is 0.290. The molecule has 0 saturated heterocycles. The van der Waals surface area contributed by atoms with Gasteiger partial charge in [0.05, 0.1) is 12.8 Å². The minimum Gasteiger partial charge on any atom is -0.496 e. The minimum absolute atomic E-state index is 0.00941. The molecular weight excluding hydrogens is 480 g/mol. The number of aromatic nitrogens is 1. The van der Waals surface area contributed by atoms with Crippen LogP contribution >= 0.6 is 0 Å². The van der Waals surface area contributed by atoms with Crippen molar-refractivity contribution in [1.29, 1.82) is 10.5 Å². The van der Waals surface area contributed by atoms with Crippen LogP contribution in [0.5, 0.6) is 11.5 Å². The number of hydrogen-bond acceptors (Lipinski definition) is 10. The predicted molar refractivity (Wildman–Crippen MR) is 147 cm³/mol. The highest BCUT2D eigenvalue weighted by atomic mass is 16.5. The van der Waals surface area contributed by atoms with Crippen LogP contribution < -0.4 is 31.6 Å². The minimum atomic E-state index is -0.670. The van der Waals surface area contributed by atoms with E-state index in [0.717, 1.165) is 28.0 Å². The second-order valence-electron chi connectivity index (χ2n) is 10.0. The fourth-order valence-corrected chi connectivity index (χ4v) is 4.43. The summed E-state index contributed by atoms with van der Waals surface area (Å²) in [4.78, 5) is 8.95. The number of ether oxygens (including phenoxy) is 2. The Balaban J connectivity index is 1.78. The van der Waals surface area contributed by atoms with Crippen LogP contribution in [0.1, 0.15) is 60.2 Å². The number of hydrogen-bond donors (Lipinski definition) is 4. The fourth-order valence-electron chi connectivity index (χ4n) is 4.43. The lowest BCUT2D eigenvalue weighted by Crippen LogP contribution is -2.32. The van der Waals surface area contributed by atoms with Crippen molar-refractivity contribution in [3.8, 4) is 23.8 Å². The summed E-state index contributed by atoms with van der Waals surface area (Å²) in [7, 11) is 1.60. The topological polar surface area (TPSA) is 167 Å². The molecule has 0 bridgehead atoms. The maximum absolute atomic E-state index is 9.59. The summed E-state index contributed by atoms with van der Waals surface area (Å²) in [5.41, 5.74) is 16.7. The van der Waals surface area contributed by atoms with Gasteiger partial charge in [-0.3, -0.25) is 5.32 Å². The fraction of sp³-hybridized carbons (Fsp3) is 0.286. The molecule has 10 heteroatoms. The molecule has 2 heterocycles. The average Bonchev–Trinajstić information content (AvgIpc) is 2.86. The molecule has 10 nitrogen and oxygen atoms in total. The van der Waals surface area contributed by atoms with Gasteiger partial charge in [0.1, 0.15) is 47.4 Å². The number of methoxy groups -OCH3 is 1. The second kappa shape index (κ2) is 10.2. The van der Waals surface area contributed by atoms with E-state index >= 15 is 0 Å². The number of benzene rings is 2. The SMILES string of the molecule is COc1ccc(C2N=C(NC#N)Nc3nc(N)c(C#N)c(N)c32)cc1COc1cc(C)ccc1C(C)(C)C. The van der Waals surface area contributed by atoms with Gasteiger partial charge in [-0.1, -0.05) is 39.0 Å². The lowest BCUT2D eigenvalue weighted by molar-refractivity contribution is 0.289. The molecule has 0 aliphatic carbocycles. The summed E-state index contributed by atoms with van der Waals surface area (Å²) in [6.07, 6.45) is 1.86. The molecule has 6 N–H and O–H groups in total. The van der Waals surface area contributed by atoms with Gasteiger partial charge in [-0.05, 0) is 47.2 Å². The van der Waals surface area contributed by atoms with E-state index in [1.807, 2.05) is 43.5 Å². The van der Waals surface area contributed by atoms with E-state index in [1.54, 1.807) is 7.11 Å². The zero-order chi connectivity index (χ0) is 27.6. The molecule has 38 heavy (non-hydrogen) atoms. The molecule has 4 rings (SSSR count). The molecule has 0 amide bonds. The van der Waals surface area contributed by atoms with E-state index < -0.39 is 6.04 Å². The Morgan fingerprint density at radius 3 is 2.53 bits per heavy atom. The van der Waals surface area contributed by atoms with E-state index in [4.69, 9.17) is 20.9 Å². The van der Waals surface area contributed by atoms with Gasteiger partial charge in [-0.25, -0.2) is 9.98 Å². The van der Waals surface area contributed by atoms with Crippen molar-refractivity contribution >= 4 is 23.3 Å². The van der Waals surface area contributed by atoms with Crippen LogP contribution in [0.3, 0.4) is 0 Å². The van der Waals surface area contributed by atoms with Crippen molar-refractivity contribution in [3.63, 3.8) is 0 Å². The smallest absolute Gasteiger partial charge is 0.211 e. The Labute approximate surface area is 221 Å². The van der Waals surface area contributed by atoms with Crippen molar-refractivity contribution < 1.29 is 9.47 Å². The van der Waals surface area contributed by atoms with Gasteiger partial charge in [-0.2, -0.15) is 10.5 Å². The largest absolute Gasteiger partial charge is 0.496 e. The molecule has 3 aromatic rings. The van der Waals surface area contributed by atoms with Crippen LogP contribution in [-0.4, -0.2) is 18.1 Å². The lowest BCUT2D eigenvalue weighted by Gasteiger charge is -2.27. The van der Waals surface area contributed by atoms with Crippen LogP contribution in [-0.2, 0) is 12.0 Å². The molecule has 0 fully saturated rings. The maximum Gasteiger partial charge on any atom is 0.211 e. The third-order valence-electron chi connectivity index (χ3n) is 6.31. The van der Waals surface area contributed by atoms with E-state index in [0.29, 0.717) is 17.1 Å². The zero-order valence-electron chi connectivity index (χ0n) is 22.0. The number of nitrogens with one attached hydrogen (secondary N) is 2. The van der Waals surface area contributed by atoms with Crippen molar-refractivity contribution in [2.24, 2.45) is 4.99 Å². The summed E-state index contributed by atoms with van der Waals surface area (Å²) < 4.78 is 12.0. The van der Waals surface area contributed by atoms with Crippen LogP contribution in [0.15, 0.2) is 41.4 Å². The van der Waals surface area contributed by atoms with Gasteiger partial charge in [0, 0.05) is 11.1 Å². The first kappa shape index (κ1) is 26.1. The van der Waals surface area contributed by atoms with Gasteiger partial charge in [0.2, 0.25) is 5.96 Å². The molecule has 2 aromatic carbocycles. The van der Waals surface area contributed by atoms with Crippen molar-refractivity contribution in [2.75, 3.05) is 23.9 Å². The van der Waals surface area contributed by atoms with Crippen LogP contribution in [0.4, 0.5) is 17.3 Å². The third kappa shape index (κ3) is 4.97. The van der Waals surface area contributed by atoms with Crippen LogP contribution in [0.2, 0.25) is 0 Å². The molecule has 1 aliphatic rings. The highest BCUT2D eigenvalue weighted by Gasteiger charge is 2.30. The molecule has 1 unspecified atom stereocenters. The summed E-state index contributed by atoms with van der Waals surface area (Å²) in [5, 5.41) is 24.2. The average molecular weight is 511 g/mol. The monoisotopic (exact) mass is 510 g/mol. The molecule has 1 aliphatic heterocycles. The zero-order valence-corrected chi connectivity index (χ0v) is 22.0. The Kier molecular flexibility index (Phi) is 7.00. The number of guanidine groups is 1. The van der Waals surface area contributed by atoms with Gasteiger partial charge < -0.3 is 26.3 Å². The van der Waals surface area contributed by atoms with E-state index in [1.165, 1.54) is 0 Å². The normalized spacial score (nSPS) is 14.3. The lowest BCUT2D eigenvalue weighted by atomic mass is 9.86. The van der Waals surface area contributed by atoms with Gasteiger partial charge >= 0.3 is 0 Å². The highest BCUT2D eigenvalue weighted by Crippen LogP contribution is 2.41. The number of nitriles is 2. The molecule has 0 radical (unpaired) electrons. The summed E-state index contributed by atoms with van der Waals surface area (Å²) in [5.74, 6) is 1.95. The maximum atomic E-state index is 9.59. The van der Waals surface area contributed by atoms with E-state index in [-0.39, 0.29) is 35.1 Å². The molecular formula is C28H30N8O2. The Bertz CT molecular complexity index is 1510. The number of rotatable bonds is 5. The number of nitrogen functional groups attached to an aromatic ring is 2. The number of aliphatic imine (C=N–C) groups is 1. The number of nitrogens with zero attached hydrogens (tertiary/aromatic N) is 4. The summed E-state index contributed by atoms with van der Waals surface area (Å²) in [6, 6.07) is 13.1. The van der Waals surface area contributed by atoms with Crippen molar-refractivity contribution in [1.82, 2.24) is 10.3 Å². The first-order chi connectivity index (χ1) is 18.1. The van der Waals surface area contributed by atoms with E-state index in [9.17, 15) is 10.5 Å². The van der Waals surface area contributed by atoms with Crippen LogP contribution in [0.25, 0.3) is 0 Å². The Morgan fingerprint density at radius 2 is 1.87 bits per heavy atom. The number of anilines is 3. The van der Waals surface area contributed by atoms with Crippen molar-refractivity contribution in [2.45, 2.75) is 45.8 Å². The standard InChI is InChI=1S/C28H30N8O2/c1-15-6-8-19(28(2,3)4)21(10-15)38-13-17-11-16(7-9-20(17)37-5)24-22-23(31)18(12-29)25(32)35-26(22)36-27(34-24)33-14-30/h6-11,24H,13H2,1-5H3,(H6,31,32,33,34,35,36). The summed E-state index contributed by atoms with van der Waals surface area (Å²) in [6.45, 7) is 8.71. The van der Waals surface area contributed by atoms with Gasteiger partial charge in [-0.15, -0.1) is 0 Å². The van der Waals surface area contributed by atoms with Crippen LogP contribution in [0, 0.1) is 29.7 Å². The van der Waals surface area contributed by atoms with Crippen molar-refractivity contribution in [3.05, 3.63) is 69.8 Å². The molecule has 1 aromatic heterocycles. The number of aryl methyl sites for hydroxylation is 1. The Hall–Kier alpha value is -4.96. The number of fused-ring (bicyclic) bond motifs is 1. The highest BCUT2D eigenvalue weighted by molar-refractivity contribution is 5.98. The Morgan fingerprint density at radius 1 is 1.11 bits per heavy atom. The predicted octanol–water partition coefficient (Wildman–Crippen LogP) is 4.25. The first-order valence-corrected chi connectivity index (χ1v) is 12.0. The molecule has 1 atom stereocenters. The number of nitrogens with two attached hydrogens (primary N) is 2.